The first kappa shape index (κ1) is 23.6. The van der Waals surface area contributed by atoms with E-state index in [4.69, 9.17) is 11.6 Å². The van der Waals surface area contributed by atoms with Gasteiger partial charge in [-0.3, -0.25) is 14.3 Å². The molecule has 32 heavy (non-hydrogen) atoms. The van der Waals surface area contributed by atoms with Crippen LogP contribution in [0.15, 0.2) is 42.5 Å². The Labute approximate surface area is 187 Å². The molecule has 0 aliphatic rings. The van der Waals surface area contributed by atoms with Crippen LogP contribution in [-0.4, -0.2) is 52.4 Å². The number of aromatic nitrogens is 2. The molecule has 2 amide bonds. The minimum Gasteiger partial charge on any atom is -0.350 e. The van der Waals surface area contributed by atoms with Gasteiger partial charge in [-0.25, -0.2) is 13.2 Å². The summed E-state index contributed by atoms with van der Waals surface area (Å²) in [6.45, 7) is -1.46. The van der Waals surface area contributed by atoms with Crippen molar-refractivity contribution in [2.45, 2.75) is 26.1 Å². The molecule has 0 aliphatic heterocycles. The number of nitrogens with zero attached hydrogens (tertiary/aromatic N) is 3. The predicted octanol–water partition coefficient (Wildman–Crippen LogP) is 3.59. The molecule has 0 spiro atoms. The van der Waals surface area contributed by atoms with E-state index in [0.717, 1.165) is 10.3 Å². The zero-order valence-electron chi connectivity index (χ0n) is 17.3. The maximum absolute atomic E-state index is 13.5. The van der Waals surface area contributed by atoms with E-state index < -0.39 is 43.6 Å². The number of nitrogens with one attached hydrogen (secondary N) is 1. The zero-order chi connectivity index (χ0) is 23.3. The molecular weight excluding hydrogens is 445 g/mol. The highest BCUT2D eigenvalue weighted by Crippen LogP contribution is 2.20. The van der Waals surface area contributed by atoms with Gasteiger partial charge in [-0.15, -0.1) is 0 Å². The number of carbonyl (C=O) groups excluding carboxylic acids is 2. The standard InChI is InChI=1S/C22H22ClF3N4O2/c1-14-17-6-2-3-8-19(17)30(28-14)13-21(32)29(16(9-24)10-25)12-20(31)27-11-15-5-4-7-18(26)22(15)23/h2-8,16H,9-13H2,1H3,(H,27,31). The van der Waals surface area contributed by atoms with E-state index in [1.165, 1.54) is 22.9 Å². The zero-order valence-corrected chi connectivity index (χ0v) is 18.1. The van der Waals surface area contributed by atoms with E-state index in [1.807, 2.05) is 12.1 Å². The fraction of sp³-hybridized carbons (Fsp3) is 0.318. The number of halogens is 4. The van der Waals surface area contributed by atoms with E-state index in [9.17, 15) is 22.8 Å². The molecule has 0 saturated carbocycles. The molecule has 170 valence electrons. The molecule has 1 aromatic heterocycles. The molecule has 0 aliphatic carbocycles. The molecule has 3 rings (SSSR count). The molecule has 0 fully saturated rings. The van der Waals surface area contributed by atoms with Crippen LogP contribution in [0.1, 0.15) is 11.3 Å². The number of carbonyl (C=O) groups is 2. The van der Waals surface area contributed by atoms with Crippen LogP contribution in [0.5, 0.6) is 0 Å². The first-order valence-corrected chi connectivity index (χ1v) is 10.3. The van der Waals surface area contributed by atoms with Crippen LogP contribution in [-0.2, 0) is 22.7 Å². The number of para-hydroxylation sites is 1. The highest BCUT2D eigenvalue weighted by Gasteiger charge is 2.27. The van der Waals surface area contributed by atoms with E-state index in [2.05, 4.69) is 10.4 Å². The number of aryl methyl sites for hydroxylation is 1. The van der Waals surface area contributed by atoms with Crippen molar-refractivity contribution in [2.24, 2.45) is 0 Å². The predicted molar refractivity (Wildman–Crippen MR) is 115 cm³/mol. The van der Waals surface area contributed by atoms with Crippen LogP contribution < -0.4 is 5.32 Å². The molecule has 2 aromatic carbocycles. The Bertz CT molecular complexity index is 1120. The highest BCUT2D eigenvalue weighted by molar-refractivity contribution is 6.31. The van der Waals surface area contributed by atoms with Crippen molar-refractivity contribution in [3.05, 3.63) is 64.6 Å². The minimum atomic E-state index is -1.41. The van der Waals surface area contributed by atoms with Crippen molar-refractivity contribution in [1.29, 1.82) is 0 Å². The number of fused-ring (bicyclic) bond motifs is 1. The van der Waals surface area contributed by atoms with Gasteiger partial charge in [0.25, 0.3) is 0 Å². The average molecular weight is 467 g/mol. The Kier molecular flexibility index (Phi) is 7.74. The second-order valence-electron chi connectivity index (χ2n) is 7.23. The van der Waals surface area contributed by atoms with Gasteiger partial charge in [0.1, 0.15) is 32.3 Å². The second-order valence-corrected chi connectivity index (χ2v) is 7.61. The first-order valence-electron chi connectivity index (χ1n) is 9.88. The number of rotatable bonds is 9. The summed E-state index contributed by atoms with van der Waals surface area (Å²) in [5.74, 6) is -1.95. The van der Waals surface area contributed by atoms with Gasteiger partial charge in [0.05, 0.1) is 22.3 Å². The third kappa shape index (κ3) is 5.21. The van der Waals surface area contributed by atoms with Gasteiger partial charge in [0.2, 0.25) is 11.8 Å². The fourth-order valence-corrected chi connectivity index (χ4v) is 3.54. The summed E-state index contributed by atoms with van der Waals surface area (Å²) in [5.41, 5.74) is 1.74. The highest BCUT2D eigenvalue weighted by atomic mass is 35.5. The van der Waals surface area contributed by atoms with Gasteiger partial charge in [0, 0.05) is 11.9 Å². The second kappa shape index (κ2) is 10.5. The smallest absolute Gasteiger partial charge is 0.245 e. The minimum absolute atomic E-state index is 0.101. The normalized spacial score (nSPS) is 11.2. The number of alkyl halides is 2. The van der Waals surface area contributed by atoms with Gasteiger partial charge in [-0.2, -0.15) is 5.10 Å². The Hall–Kier alpha value is -3.07. The first-order chi connectivity index (χ1) is 15.3. The lowest BCUT2D eigenvalue weighted by Gasteiger charge is -2.28. The Morgan fingerprint density at radius 3 is 2.59 bits per heavy atom. The average Bonchev–Trinajstić information content (AvgIpc) is 3.10. The van der Waals surface area contributed by atoms with Crippen LogP contribution >= 0.6 is 11.6 Å². The van der Waals surface area contributed by atoms with Crippen molar-refractivity contribution < 1.29 is 22.8 Å². The SMILES string of the molecule is Cc1nn(CC(=O)N(CC(=O)NCc2cccc(F)c2Cl)C(CF)CF)c2ccccc12. The third-order valence-corrected chi connectivity index (χ3v) is 5.49. The number of hydrogen-bond donors (Lipinski definition) is 1. The summed E-state index contributed by atoms with van der Waals surface area (Å²) < 4.78 is 41.8. The lowest BCUT2D eigenvalue weighted by molar-refractivity contribution is -0.139. The van der Waals surface area contributed by atoms with Crippen molar-refractivity contribution in [1.82, 2.24) is 20.0 Å². The summed E-state index contributed by atoms with van der Waals surface area (Å²) in [7, 11) is 0. The van der Waals surface area contributed by atoms with E-state index in [-0.39, 0.29) is 18.1 Å². The molecule has 1 heterocycles. The van der Waals surface area contributed by atoms with Crippen molar-refractivity contribution in [2.75, 3.05) is 19.9 Å². The van der Waals surface area contributed by atoms with E-state index in [0.29, 0.717) is 16.8 Å². The molecule has 1 N–H and O–H groups in total. The van der Waals surface area contributed by atoms with Crippen molar-refractivity contribution in [3.8, 4) is 0 Å². The van der Waals surface area contributed by atoms with Crippen molar-refractivity contribution >= 4 is 34.3 Å². The Balaban J connectivity index is 1.73. The van der Waals surface area contributed by atoms with E-state index >= 15 is 0 Å². The fourth-order valence-electron chi connectivity index (χ4n) is 3.35. The molecule has 0 unspecified atom stereocenters. The Morgan fingerprint density at radius 2 is 1.88 bits per heavy atom. The van der Waals surface area contributed by atoms with Crippen LogP contribution in [0.2, 0.25) is 5.02 Å². The monoisotopic (exact) mass is 466 g/mol. The Morgan fingerprint density at radius 1 is 1.16 bits per heavy atom. The van der Waals surface area contributed by atoms with Crippen LogP contribution in [0.25, 0.3) is 10.9 Å². The molecular formula is C22H22ClF3N4O2. The van der Waals surface area contributed by atoms with Crippen LogP contribution in [0.4, 0.5) is 13.2 Å². The lowest BCUT2D eigenvalue weighted by Crippen LogP contribution is -2.49. The van der Waals surface area contributed by atoms with Gasteiger partial charge in [-0.05, 0) is 24.6 Å². The maximum Gasteiger partial charge on any atom is 0.245 e. The molecule has 0 radical (unpaired) electrons. The molecule has 0 saturated heterocycles. The lowest BCUT2D eigenvalue weighted by atomic mass is 10.2. The summed E-state index contributed by atoms with van der Waals surface area (Å²) in [5, 5.41) is 7.55. The van der Waals surface area contributed by atoms with Gasteiger partial charge < -0.3 is 10.2 Å². The summed E-state index contributed by atoms with van der Waals surface area (Å²) in [4.78, 5) is 26.2. The summed E-state index contributed by atoms with van der Waals surface area (Å²) in [6, 6.07) is 10.0. The number of hydrogen-bond acceptors (Lipinski definition) is 3. The topological polar surface area (TPSA) is 67.2 Å². The van der Waals surface area contributed by atoms with Crippen LogP contribution in [0, 0.1) is 12.7 Å². The van der Waals surface area contributed by atoms with Gasteiger partial charge in [0.15, 0.2) is 0 Å². The summed E-state index contributed by atoms with van der Waals surface area (Å²) >= 11 is 5.87. The maximum atomic E-state index is 13.5. The van der Waals surface area contributed by atoms with E-state index in [1.54, 1.807) is 19.1 Å². The van der Waals surface area contributed by atoms with Gasteiger partial charge >= 0.3 is 0 Å². The molecule has 0 bridgehead atoms. The third-order valence-electron chi connectivity index (χ3n) is 5.07. The largest absolute Gasteiger partial charge is 0.350 e. The molecule has 3 aromatic rings. The molecule has 0 atom stereocenters. The molecule has 10 heteroatoms. The van der Waals surface area contributed by atoms with Gasteiger partial charge in [-0.1, -0.05) is 41.9 Å². The summed E-state index contributed by atoms with van der Waals surface area (Å²) in [6.07, 6.45) is 0. The van der Waals surface area contributed by atoms with Crippen molar-refractivity contribution in [3.63, 3.8) is 0 Å². The quantitative estimate of drug-likeness (QED) is 0.524. The van der Waals surface area contributed by atoms with Crippen LogP contribution in [0.3, 0.4) is 0 Å². The number of benzene rings is 2. The number of amides is 2. The molecule has 6 nitrogen and oxygen atoms in total.